The summed E-state index contributed by atoms with van der Waals surface area (Å²) in [4.78, 5) is 14.1. The van der Waals surface area contributed by atoms with E-state index in [1.54, 1.807) is 15.8 Å². The maximum atomic E-state index is 12.4. The van der Waals surface area contributed by atoms with E-state index >= 15 is 0 Å². The number of nitrogens with one attached hydrogen (secondary N) is 1. The van der Waals surface area contributed by atoms with E-state index in [1.165, 1.54) is 0 Å². The fraction of sp³-hybridized carbons (Fsp3) is 0.357. The topological polar surface area (TPSA) is 63.1 Å². The lowest BCUT2D eigenvalue weighted by atomic mass is 10.2. The van der Waals surface area contributed by atoms with Gasteiger partial charge in [-0.3, -0.25) is 4.79 Å². The van der Waals surface area contributed by atoms with Gasteiger partial charge in [0.25, 0.3) is 5.91 Å². The van der Waals surface area contributed by atoms with Crippen LogP contribution in [0.1, 0.15) is 16.9 Å². The summed E-state index contributed by atoms with van der Waals surface area (Å²) in [6, 6.07) is 9.88. The van der Waals surface area contributed by atoms with Crippen LogP contribution in [-0.2, 0) is 0 Å². The van der Waals surface area contributed by atoms with Crippen molar-refractivity contribution in [2.75, 3.05) is 20.1 Å². The fourth-order valence-electron chi connectivity index (χ4n) is 2.39. The van der Waals surface area contributed by atoms with Crippen molar-refractivity contribution >= 4 is 18.3 Å². The number of aromatic nitrogens is 3. The highest BCUT2D eigenvalue weighted by Crippen LogP contribution is 2.11. The zero-order chi connectivity index (χ0) is 13.9. The number of hydrogen-bond donors (Lipinski definition) is 1. The first-order valence-corrected chi connectivity index (χ1v) is 6.71. The monoisotopic (exact) mass is 307 g/mol. The number of amides is 1. The van der Waals surface area contributed by atoms with Crippen LogP contribution in [0.4, 0.5) is 0 Å². The summed E-state index contributed by atoms with van der Waals surface area (Å²) in [5.41, 5.74) is 1.27. The molecule has 3 rings (SSSR count). The highest BCUT2D eigenvalue weighted by molar-refractivity contribution is 5.92. The Morgan fingerprint density at radius 3 is 2.81 bits per heavy atom. The van der Waals surface area contributed by atoms with Crippen LogP contribution >= 0.6 is 12.4 Å². The number of benzene rings is 1. The van der Waals surface area contributed by atoms with Gasteiger partial charge in [0.15, 0.2) is 5.69 Å². The van der Waals surface area contributed by atoms with Gasteiger partial charge in [-0.15, -0.1) is 17.5 Å². The Balaban J connectivity index is 0.00000161. The van der Waals surface area contributed by atoms with E-state index in [0.717, 1.165) is 25.2 Å². The van der Waals surface area contributed by atoms with Gasteiger partial charge in [0.05, 0.1) is 11.9 Å². The summed E-state index contributed by atoms with van der Waals surface area (Å²) in [6.07, 6.45) is 2.66. The number of hydrogen-bond acceptors (Lipinski definition) is 4. The SMILES string of the molecule is CN(C(=O)c1cn(-c2ccccc2)nn1)C1CCNC1.Cl. The molecule has 112 valence electrons. The first kappa shape index (κ1) is 15.5. The van der Waals surface area contributed by atoms with Gasteiger partial charge < -0.3 is 10.2 Å². The smallest absolute Gasteiger partial charge is 0.276 e. The third-order valence-electron chi connectivity index (χ3n) is 3.64. The predicted molar refractivity (Wildman–Crippen MR) is 82.0 cm³/mol. The number of likely N-dealkylation sites (N-methyl/N-ethyl adjacent to an activating group) is 1. The highest BCUT2D eigenvalue weighted by atomic mass is 35.5. The molecule has 1 aromatic heterocycles. The van der Waals surface area contributed by atoms with E-state index in [2.05, 4.69) is 15.6 Å². The number of carbonyl (C=O) groups excluding carboxylic acids is 1. The van der Waals surface area contributed by atoms with Gasteiger partial charge in [-0.05, 0) is 25.1 Å². The Bertz CT molecular complexity index is 594. The van der Waals surface area contributed by atoms with Crippen LogP contribution in [-0.4, -0.2) is 52.0 Å². The molecular weight excluding hydrogens is 290 g/mol. The average Bonchev–Trinajstić information content (AvgIpc) is 3.18. The summed E-state index contributed by atoms with van der Waals surface area (Å²) < 4.78 is 1.62. The Labute approximate surface area is 129 Å². The lowest BCUT2D eigenvalue weighted by Crippen LogP contribution is -2.38. The van der Waals surface area contributed by atoms with E-state index in [0.29, 0.717) is 5.69 Å². The van der Waals surface area contributed by atoms with Crippen molar-refractivity contribution in [3.05, 3.63) is 42.2 Å². The normalized spacial score (nSPS) is 17.3. The molecule has 1 saturated heterocycles. The Morgan fingerprint density at radius 2 is 2.14 bits per heavy atom. The first-order chi connectivity index (χ1) is 9.75. The quantitative estimate of drug-likeness (QED) is 0.923. The molecule has 0 saturated carbocycles. The van der Waals surface area contributed by atoms with Gasteiger partial charge in [-0.2, -0.15) is 0 Å². The van der Waals surface area contributed by atoms with Crippen LogP contribution in [0.15, 0.2) is 36.5 Å². The Hall–Kier alpha value is -1.92. The molecular formula is C14H18ClN5O. The van der Waals surface area contributed by atoms with Crippen molar-refractivity contribution in [1.29, 1.82) is 0 Å². The molecule has 1 aliphatic heterocycles. The molecule has 0 radical (unpaired) electrons. The first-order valence-electron chi connectivity index (χ1n) is 6.71. The largest absolute Gasteiger partial charge is 0.336 e. The molecule has 0 spiro atoms. The molecule has 6 nitrogen and oxygen atoms in total. The lowest BCUT2D eigenvalue weighted by molar-refractivity contribution is 0.0738. The van der Waals surface area contributed by atoms with Crippen LogP contribution in [0.3, 0.4) is 0 Å². The van der Waals surface area contributed by atoms with Gasteiger partial charge in [-0.25, -0.2) is 4.68 Å². The van der Waals surface area contributed by atoms with E-state index in [-0.39, 0.29) is 24.4 Å². The minimum atomic E-state index is -0.0825. The molecule has 1 N–H and O–H groups in total. The maximum absolute atomic E-state index is 12.4. The number of rotatable bonds is 3. The van der Waals surface area contributed by atoms with Crippen LogP contribution in [0.25, 0.3) is 5.69 Å². The molecule has 1 fully saturated rings. The Kier molecular flexibility index (Phi) is 4.93. The average molecular weight is 308 g/mol. The zero-order valence-corrected chi connectivity index (χ0v) is 12.6. The molecule has 0 aliphatic carbocycles. The van der Waals surface area contributed by atoms with Crippen LogP contribution in [0.2, 0.25) is 0 Å². The molecule has 2 heterocycles. The molecule has 2 aromatic rings. The van der Waals surface area contributed by atoms with Crippen molar-refractivity contribution in [3.63, 3.8) is 0 Å². The predicted octanol–water partition coefficient (Wildman–Crippen LogP) is 1.12. The summed E-state index contributed by atoms with van der Waals surface area (Å²) in [6.45, 7) is 1.80. The van der Waals surface area contributed by atoms with E-state index in [4.69, 9.17) is 0 Å². The fourth-order valence-corrected chi connectivity index (χ4v) is 2.39. The van der Waals surface area contributed by atoms with Gasteiger partial charge in [0.2, 0.25) is 0 Å². The van der Waals surface area contributed by atoms with E-state index < -0.39 is 0 Å². The molecule has 1 amide bonds. The third kappa shape index (κ3) is 3.22. The number of para-hydroxylation sites is 1. The van der Waals surface area contributed by atoms with Gasteiger partial charge in [0.1, 0.15) is 0 Å². The van der Waals surface area contributed by atoms with Crippen molar-refractivity contribution in [2.45, 2.75) is 12.5 Å². The van der Waals surface area contributed by atoms with Crippen molar-refractivity contribution in [3.8, 4) is 5.69 Å². The highest BCUT2D eigenvalue weighted by Gasteiger charge is 2.25. The van der Waals surface area contributed by atoms with Crippen molar-refractivity contribution < 1.29 is 4.79 Å². The van der Waals surface area contributed by atoms with Crippen LogP contribution in [0, 0.1) is 0 Å². The number of halogens is 1. The summed E-state index contributed by atoms with van der Waals surface area (Å²) >= 11 is 0. The molecule has 7 heteroatoms. The van der Waals surface area contributed by atoms with E-state index in [9.17, 15) is 4.79 Å². The molecule has 1 aliphatic rings. The second kappa shape index (κ2) is 6.69. The Morgan fingerprint density at radius 1 is 1.38 bits per heavy atom. The van der Waals surface area contributed by atoms with E-state index in [1.807, 2.05) is 37.4 Å². The summed E-state index contributed by atoms with van der Waals surface area (Å²) in [5, 5.41) is 11.3. The second-order valence-electron chi connectivity index (χ2n) is 4.95. The van der Waals surface area contributed by atoms with Crippen molar-refractivity contribution in [2.24, 2.45) is 0 Å². The lowest BCUT2D eigenvalue weighted by Gasteiger charge is -2.22. The molecule has 1 atom stereocenters. The van der Waals surface area contributed by atoms with Gasteiger partial charge in [0, 0.05) is 19.6 Å². The number of nitrogens with zero attached hydrogens (tertiary/aromatic N) is 4. The summed E-state index contributed by atoms with van der Waals surface area (Å²) in [7, 11) is 1.82. The minimum absolute atomic E-state index is 0. The van der Waals surface area contributed by atoms with Gasteiger partial charge in [-0.1, -0.05) is 23.4 Å². The zero-order valence-electron chi connectivity index (χ0n) is 11.8. The number of carbonyl (C=O) groups is 1. The molecule has 21 heavy (non-hydrogen) atoms. The standard InChI is InChI=1S/C14H17N5O.ClH/c1-18(12-7-8-15-9-12)14(20)13-10-19(17-16-13)11-5-3-2-4-6-11;/h2-6,10,12,15H,7-9H2,1H3;1H. The van der Waals surface area contributed by atoms with Crippen LogP contribution in [0.5, 0.6) is 0 Å². The third-order valence-corrected chi connectivity index (χ3v) is 3.64. The molecule has 1 aromatic carbocycles. The minimum Gasteiger partial charge on any atom is -0.336 e. The maximum Gasteiger partial charge on any atom is 0.276 e. The van der Waals surface area contributed by atoms with Crippen molar-refractivity contribution in [1.82, 2.24) is 25.2 Å². The summed E-state index contributed by atoms with van der Waals surface area (Å²) in [5.74, 6) is -0.0825. The molecule has 1 unspecified atom stereocenters. The van der Waals surface area contributed by atoms with Gasteiger partial charge >= 0.3 is 0 Å². The molecule has 0 bridgehead atoms. The second-order valence-corrected chi connectivity index (χ2v) is 4.95. The van der Waals surface area contributed by atoms with Crippen LogP contribution < -0.4 is 5.32 Å².